The fraction of sp³-hybridized carbons (Fsp3) is 0.500. The molecule has 0 aliphatic heterocycles. The first kappa shape index (κ1) is 12.0. The Bertz CT molecular complexity index is 442. The Morgan fingerprint density at radius 2 is 1.82 bits per heavy atom. The summed E-state index contributed by atoms with van der Waals surface area (Å²) in [6.07, 6.45) is 5.53. The average Bonchev–Trinajstić information content (AvgIpc) is 2.35. The second-order valence-electron chi connectivity index (χ2n) is 4.88. The molecule has 3 heteroatoms. The Hall–Kier alpha value is -1.43. The summed E-state index contributed by atoms with van der Waals surface area (Å²) in [7, 11) is 0. The van der Waals surface area contributed by atoms with E-state index in [2.05, 4.69) is 6.07 Å². The van der Waals surface area contributed by atoms with E-state index in [-0.39, 0.29) is 5.41 Å². The van der Waals surface area contributed by atoms with Crippen molar-refractivity contribution in [3.05, 3.63) is 35.4 Å². The lowest BCUT2D eigenvalue weighted by atomic mass is 9.71. The molecule has 1 aliphatic rings. The van der Waals surface area contributed by atoms with Crippen LogP contribution in [0, 0.1) is 28.4 Å². The molecule has 0 N–H and O–H groups in total. The van der Waals surface area contributed by atoms with Crippen molar-refractivity contribution in [3.63, 3.8) is 0 Å². The third-order valence-corrected chi connectivity index (χ3v) is 3.57. The standard InChI is InChI=1S/C14H15F2N/c15-12-5-4-11(8-13(12)16)9-14(10-17)6-2-1-3-7-14/h4-5,8H,1-3,6-7,9H2. The number of hydrogen-bond acceptors (Lipinski definition) is 1. The second kappa shape index (κ2) is 4.83. The van der Waals surface area contributed by atoms with Crippen LogP contribution in [-0.4, -0.2) is 0 Å². The predicted octanol–water partition coefficient (Wildman–Crippen LogP) is 3.98. The van der Waals surface area contributed by atoms with Crippen molar-refractivity contribution in [3.8, 4) is 6.07 Å². The molecule has 0 spiro atoms. The Morgan fingerprint density at radius 3 is 2.41 bits per heavy atom. The molecule has 0 aromatic heterocycles. The summed E-state index contributed by atoms with van der Waals surface area (Å²) in [6, 6.07) is 6.31. The third kappa shape index (κ3) is 2.63. The molecule has 0 heterocycles. The Labute approximate surface area is 100 Å². The maximum absolute atomic E-state index is 13.1. The molecule has 0 atom stereocenters. The number of nitriles is 1. The summed E-state index contributed by atoms with van der Waals surface area (Å²) in [5.41, 5.74) is 0.343. The van der Waals surface area contributed by atoms with E-state index in [1.165, 1.54) is 12.5 Å². The molecule has 0 bridgehead atoms. The molecule has 0 radical (unpaired) electrons. The van der Waals surface area contributed by atoms with Crippen LogP contribution in [0.4, 0.5) is 8.78 Å². The highest BCUT2D eigenvalue weighted by atomic mass is 19.2. The van der Waals surface area contributed by atoms with Gasteiger partial charge in [0, 0.05) is 0 Å². The summed E-state index contributed by atoms with van der Waals surface area (Å²) in [5.74, 6) is -1.66. The van der Waals surface area contributed by atoms with Crippen molar-refractivity contribution in [2.45, 2.75) is 38.5 Å². The SMILES string of the molecule is N#CC1(Cc2ccc(F)c(F)c2)CCCCC1. The molecule has 1 fully saturated rings. The highest BCUT2D eigenvalue weighted by molar-refractivity contribution is 5.21. The van der Waals surface area contributed by atoms with Crippen molar-refractivity contribution in [2.75, 3.05) is 0 Å². The van der Waals surface area contributed by atoms with Crippen LogP contribution >= 0.6 is 0 Å². The normalized spacial score (nSPS) is 18.6. The van der Waals surface area contributed by atoms with Crippen molar-refractivity contribution in [1.82, 2.24) is 0 Å². The smallest absolute Gasteiger partial charge is 0.159 e. The van der Waals surface area contributed by atoms with Gasteiger partial charge >= 0.3 is 0 Å². The lowest BCUT2D eigenvalue weighted by molar-refractivity contribution is 0.265. The third-order valence-electron chi connectivity index (χ3n) is 3.57. The molecule has 90 valence electrons. The van der Waals surface area contributed by atoms with E-state index >= 15 is 0 Å². The van der Waals surface area contributed by atoms with Gasteiger partial charge in [0.05, 0.1) is 11.5 Å². The van der Waals surface area contributed by atoms with Gasteiger partial charge in [0.15, 0.2) is 11.6 Å². The zero-order valence-corrected chi connectivity index (χ0v) is 9.68. The van der Waals surface area contributed by atoms with Crippen molar-refractivity contribution >= 4 is 0 Å². The first-order valence-electron chi connectivity index (χ1n) is 6.00. The molecule has 1 aliphatic carbocycles. The Morgan fingerprint density at radius 1 is 1.12 bits per heavy atom. The minimum atomic E-state index is -0.830. The van der Waals surface area contributed by atoms with Gasteiger partial charge < -0.3 is 0 Å². The fourth-order valence-electron chi connectivity index (χ4n) is 2.60. The lowest BCUT2D eigenvalue weighted by Gasteiger charge is -2.30. The van der Waals surface area contributed by atoms with Gasteiger partial charge in [0.25, 0.3) is 0 Å². The monoisotopic (exact) mass is 235 g/mol. The largest absolute Gasteiger partial charge is 0.204 e. The van der Waals surface area contributed by atoms with Crippen molar-refractivity contribution in [1.29, 1.82) is 5.26 Å². The topological polar surface area (TPSA) is 23.8 Å². The van der Waals surface area contributed by atoms with Crippen LogP contribution < -0.4 is 0 Å². The molecule has 1 saturated carbocycles. The quantitative estimate of drug-likeness (QED) is 0.760. The number of nitrogens with zero attached hydrogens (tertiary/aromatic N) is 1. The summed E-state index contributed by atoms with van der Waals surface area (Å²) in [6.45, 7) is 0. The number of benzene rings is 1. The van der Waals surface area contributed by atoms with E-state index in [4.69, 9.17) is 0 Å². The van der Waals surface area contributed by atoms with Crippen LogP contribution in [-0.2, 0) is 6.42 Å². The van der Waals surface area contributed by atoms with Crippen LogP contribution in [0.1, 0.15) is 37.7 Å². The minimum Gasteiger partial charge on any atom is -0.204 e. The highest BCUT2D eigenvalue weighted by Gasteiger charge is 2.32. The van der Waals surface area contributed by atoms with Crippen LogP contribution in [0.2, 0.25) is 0 Å². The molecule has 1 nitrogen and oxygen atoms in total. The average molecular weight is 235 g/mol. The molecule has 17 heavy (non-hydrogen) atoms. The molecule has 0 saturated heterocycles. The molecule has 2 rings (SSSR count). The van der Waals surface area contributed by atoms with E-state index in [9.17, 15) is 14.0 Å². The van der Waals surface area contributed by atoms with Crippen LogP contribution in [0.3, 0.4) is 0 Å². The van der Waals surface area contributed by atoms with Gasteiger partial charge in [-0.2, -0.15) is 5.26 Å². The van der Waals surface area contributed by atoms with Gasteiger partial charge in [-0.05, 0) is 37.0 Å². The zero-order valence-electron chi connectivity index (χ0n) is 9.68. The van der Waals surface area contributed by atoms with Gasteiger partial charge in [-0.25, -0.2) is 8.78 Å². The van der Waals surface area contributed by atoms with Crippen LogP contribution in [0.15, 0.2) is 18.2 Å². The molecular weight excluding hydrogens is 220 g/mol. The van der Waals surface area contributed by atoms with Gasteiger partial charge in [0.2, 0.25) is 0 Å². The van der Waals surface area contributed by atoms with E-state index in [0.717, 1.165) is 31.7 Å². The fourth-order valence-corrected chi connectivity index (χ4v) is 2.60. The highest BCUT2D eigenvalue weighted by Crippen LogP contribution is 2.38. The lowest BCUT2D eigenvalue weighted by Crippen LogP contribution is -2.24. The molecule has 0 amide bonds. The van der Waals surface area contributed by atoms with Crippen LogP contribution in [0.25, 0.3) is 0 Å². The molecule has 1 aromatic rings. The Kier molecular flexibility index (Phi) is 3.42. The van der Waals surface area contributed by atoms with E-state index < -0.39 is 11.6 Å². The molecule has 1 aromatic carbocycles. The van der Waals surface area contributed by atoms with Gasteiger partial charge in [-0.3, -0.25) is 0 Å². The number of hydrogen-bond donors (Lipinski definition) is 0. The summed E-state index contributed by atoms with van der Waals surface area (Å²) in [5, 5.41) is 9.31. The summed E-state index contributed by atoms with van der Waals surface area (Å²) < 4.78 is 25.9. The van der Waals surface area contributed by atoms with E-state index in [0.29, 0.717) is 12.0 Å². The van der Waals surface area contributed by atoms with Crippen LogP contribution in [0.5, 0.6) is 0 Å². The number of halogens is 2. The molecular formula is C14H15F2N. The van der Waals surface area contributed by atoms with E-state index in [1.807, 2.05) is 0 Å². The predicted molar refractivity (Wildman–Crippen MR) is 61.2 cm³/mol. The first-order valence-corrected chi connectivity index (χ1v) is 6.00. The number of rotatable bonds is 2. The summed E-state index contributed by atoms with van der Waals surface area (Å²) in [4.78, 5) is 0. The molecule has 0 unspecified atom stereocenters. The van der Waals surface area contributed by atoms with Crippen molar-refractivity contribution < 1.29 is 8.78 Å². The maximum atomic E-state index is 13.1. The Balaban J connectivity index is 2.18. The zero-order chi connectivity index (χ0) is 12.3. The van der Waals surface area contributed by atoms with Crippen molar-refractivity contribution in [2.24, 2.45) is 5.41 Å². The maximum Gasteiger partial charge on any atom is 0.159 e. The second-order valence-corrected chi connectivity index (χ2v) is 4.88. The first-order chi connectivity index (χ1) is 8.15. The van der Waals surface area contributed by atoms with E-state index in [1.54, 1.807) is 6.07 Å². The summed E-state index contributed by atoms with van der Waals surface area (Å²) >= 11 is 0. The minimum absolute atomic E-state index is 0.373. The van der Waals surface area contributed by atoms with Gasteiger partial charge in [-0.1, -0.05) is 25.3 Å². The van der Waals surface area contributed by atoms with Gasteiger partial charge in [0.1, 0.15) is 0 Å². The van der Waals surface area contributed by atoms with Gasteiger partial charge in [-0.15, -0.1) is 0 Å².